The lowest BCUT2D eigenvalue weighted by Crippen LogP contribution is -2.51. The molecule has 2 atom stereocenters. The van der Waals surface area contributed by atoms with Crippen molar-refractivity contribution in [2.75, 3.05) is 19.7 Å². The van der Waals surface area contributed by atoms with Crippen molar-refractivity contribution in [2.24, 2.45) is 5.73 Å². The minimum absolute atomic E-state index is 0. The van der Waals surface area contributed by atoms with Crippen LogP contribution in [0.5, 0.6) is 0 Å². The molecular weight excluding hydrogens is 314 g/mol. The molecule has 3 N–H and O–H groups in total. The predicted molar refractivity (Wildman–Crippen MR) is 93.8 cm³/mol. The molecule has 126 valence electrons. The highest BCUT2D eigenvalue weighted by Gasteiger charge is 2.27. The Morgan fingerprint density at radius 3 is 3.04 bits per heavy atom. The molecule has 1 aromatic heterocycles. The highest BCUT2D eigenvalue weighted by Crippen LogP contribution is 2.19. The van der Waals surface area contributed by atoms with E-state index in [0.717, 1.165) is 22.9 Å². The van der Waals surface area contributed by atoms with Crippen LogP contribution in [0.1, 0.15) is 18.9 Å². The first-order valence-corrected chi connectivity index (χ1v) is 7.90. The van der Waals surface area contributed by atoms with E-state index >= 15 is 0 Å². The number of hydrogen-bond donors (Lipinski definition) is 2. The molecule has 0 bridgehead atoms. The number of rotatable bonds is 4. The summed E-state index contributed by atoms with van der Waals surface area (Å²) in [6.45, 7) is 3.96. The summed E-state index contributed by atoms with van der Waals surface area (Å²) < 4.78 is 5.61. The number of ether oxygens (including phenoxy) is 1. The average molecular weight is 338 g/mol. The van der Waals surface area contributed by atoms with Crippen LogP contribution in [0.3, 0.4) is 0 Å². The van der Waals surface area contributed by atoms with Crippen molar-refractivity contribution in [3.8, 4) is 0 Å². The van der Waals surface area contributed by atoms with Crippen LogP contribution in [0.2, 0.25) is 0 Å². The van der Waals surface area contributed by atoms with Crippen molar-refractivity contribution in [3.05, 3.63) is 36.0 Å². The third kappa shape index (κ3) is 3.86. The summed E-state index contributed by atoms with van der Waals surface area (Å²) in [7, 11) is 0. The lowest BCUT2D eigenvalue weighted by Gasteiger charge is -2.34. The molecule has 3 rings (SSSR count). The van der Waals surface area contributed by atoms with E-state index in [9.17, 15) is 4.79 Å². The zero-order chi connectivity index (χ0) is 15.5. The minimum Gasteiger partial charge on any atom is -0.375 e. The van der Waals surface area contributed by atoms with Crippen LogP contribution in [-0.4, -0.2) is 47.6 Å². The number of amides is 1. The Kier molecular flexibility index (Phi) is 6.04. The molecule has 6 heteroatoms. The van der Waals surface area contributed by atoms with E-state index in [0.29, 0.717) is 26.1 Å². The molecule has 1 aromatic carbocycles. The van der Waals surface area contributed by atoms with Gasteiger partial charge >= 0.3 is 0 Å². The van der Waals surface area contributed by atoms with Gasteiger partial charge in [0, 0.05) is 30.2 Å². The number of carbonyl (C=O) groups is 1. The summed E-state index contributed by atoms with van der Waals surface area (Å²) in [6, 6.07) is 7.57. The van der Waals surface area contributed by atoms with Crippen LogP contribution in [0, 0.1) is 0 Å². The van der Waals surface area contributed by atoms with E-state index in [4.69, 9.17) is 10.5 Å². The van der Waals surface area contributed by atoms with Gasteiger partial charge in [0.15, 0.2) is 0 Å². The van der Waals surface area contributed by atoms with Gasteiger partial charge in [-0.1, -0.05) is 25.1 Å². The van der Waals surface area contributed by atoms with E-state index in [1.165, 1.54) is 0 Å². The van der Waals surface area contributed by atoms with Gasteiger partial charge in [-0.15, -0.1) is 12.4 Å². The Hall–Kier alpha value is -1.56. The fourth-order valence-electron chi connectivity index (χ4n) is 3.03. The van der Waals surface area contributed by atoms with E-state index in [1.807, 2.05) is 29.3 Å². The van der Waals surface area contributed by atoms with Gasteiger partial charge in [0.2, 0.25) is 5.91 Å². The number of morpholine rings is 1. The molecule has 1 fully saturated rings. The Morgan fingerprint density at radius 1 is 1.48 bits per heavy atom. The molecule has 1 unspecified atom stereocenters. The summed E-state index contributed by atoms with van der Waals surface area (Å²) in [5, 5.41) is 1.14. The van der Waals surface area contributed by atoms with Crippen LogP contribution in [-0.2, 0) is 16.0 Å². The number of carbonyl (C=O) groups excluding carboxylic acids is 1. The number of H-pyrrole nitrogens is 1. The van der Waals surface area contributed by atoms with Crippen molar-refractivity contribution in [3.63, 3.8) is 0 Å². The summed E-state index contributed by atoms with van der Waals surface area (Å²) in [5.74, 6) is 0.0204. The lowest BCUT2D eigenvalue weighted by atomic mass is 10.0. The summed E-state index contributed by atoms with van der Waals surface area (Å²) in [4.78, 5) is 17.6. The third-order valence-corrected chi connectivity index (χ3v) is 4.34. The van der Waals surface area contributed by atoms with E-state index in [-0.39, 0.29) is 24.4 Å². The average Bonchev–Trinajstić information content (AvgIpc) is 2.97. The number of para-hydroxylation sites is 1. The molecule has 5 nitrogen and oxygen atoms in total. The summed E-state index contributed by atoms with van der Waals surface area (Å²) in [5.41, 5.74) is 8.34. The van der Waals surface area contributed by atoms with Gasteiger partial charge in [-0.2, -0.15) is 0 Å². The number of hydrogen-bond acceptors (Lipinski definition) is 3. The monoisotopic (exact) mass is 337 g/mol. The Labute approximate surface area is 142 Å². The minimum atomic E-state index is -0.505. The van der Waals surface area contributed by atoms with Crippen molar-refractivity contribution < 1.29 is 9.53 Å². The molecule has 1 aliphatic heterocycles. The summed E-state index contributed by atoms with van der Waals surface area (Å²) in [6.07, 6.45) is 3.56. The first kappa shape index (κ1) is 17.8. The number of aromatic nitrogens is 1. The van der Waals surface area contributed by atoms with Crippen LogP contribution in [0.15, 0.2) is 30.5 Å². The van der Waals surface area contributed by atoms with Crippen LogP contribution < -0.4 is 5.73 Å². The van der Waals surface area contributed by atoms with Crippen LogP contribution >= 0.6 is 12.4 Å². The Bertz CT molecular complexity index is 658. The van der Waals surface area contributed by atoms with Gasteiger partial charge in [-0.3, -0.25) is 4.79 Å². The van der Waals surface area contributed by atoms with Gasteiger partial charge < -0.3 is 20.4 Å². The molecule has 2 aromatic rings. The quantitative estimate of drug-likeness (QED) is 0.897. The van der Waals surface area contributed by atoms with Gasteiger partial charge in [-0.25, -0.2) is 0 Å². The molecule has 0 spiro atoms. The van der Waals surface area contributed by atoms with Gasteiger partial charge in [-0.05, 0) is 24.5 Å². The highest BCUT2D eigenvalue weighted by molar-refractivity contribution is 5.86. The van der Waals surface area contributed by atoms with Crippen molar-refractivity contribution >= 4 is 29.2 Å². The number of nitrogens with zero attached hydrogens (tertiary/aromatic N) is 1. The fourth-order valence-corrected chi connectivity index (χ4v) is 3.03. The zero-order valence-electron chi connectivity index (χ0n) is 13.3. The molecule has 2 heterocycles. The normalized spacial score (nSPS) is 19.4. The molecule has 1 saturated heterocycles. The standard InChI is InChI=1S/C17H23N3O2.ClH/c1-2-13-11-20(7-8-22-13)17(21)15(18)9-12-10-19-16-6-4-3-5-14(12)16;/h3-6,10,13,15,19H,2,7-9,11,18H2,1H3;1H/t13?,15-;/m0./s1. The number of nitrogens with two attached hydrogens (primary N) is 1. The predicted octanol–water partition coefficient (Wildman–Crippen LogP) is 2.10. The highest BCUT2D eigenvalue weighted by atomic mass is 35.5. The second kappa shape index (κ2) is 7.81. The Balaban J connectivity index is 0.00000192. The third-order valence-electron chi connectivity index (χ3n) is 4.34. The maximum absolute atomic E-state index is 12.6. The number of aromatic amines is 1. The SMILES string of the molecule is CCC1CN(C(=O)[C@@H](N)Cc2c[nH]c3ccccc23)CCO1.Cl. The van der Waals surface area contributed by atoms with Crippen molar-refractivity contribution in [2.45, 2.75) is 31.9 Å². The number of nitrogens with one attached hydrogen (secondary N) is 1. The fraction of sp³-hybridized carbons (Fsp3) is 0.471. The maximum Gasteiger partial charge on any atom is 0.239 e. The van der Waals surface area contributed by atoms with Crippen molar-refractivity contribution in [1.29, 1.82) is 0 Å². The van der Waals surface area contributed by atoms with E-state index in [1.54, 1.807) is 0 Å². The van der Waals surface area contributed by atoms with E-state index < -0.39 is 6.04 Å². The van der Waals surface area contributed by atoms with Crippen LogP contribution in [0.4, 0.5) is 0 Å². The van der Waals surface area contributed by atoms with E-state index in [2.05, 4.69) is 18.0 Å². The van der Waals surface area contributed by atoms with Crippen molar-refractivity contribution in [1.82, 2.24) is 9.88 Å². The topological polar surface area (TPSA) is 71.3 Å². The van der Waals surface area contributed by atoms with Gasteiger partial charge in [0.05, 0.1) is 18.8 Å². The second-order valence-electron chi connectivity index (χ2n) is 5.86. The summed E-state index contributed by atoms with van der Waals surface area (Å²) >= 11 is 0. The number of fused-ring (bicyclic) bond motifs is 1. The van der Waals surface area contributed by atoms with Gasteiger partial charge in [0.1, 0.15) is 0 Å². The number of halogens is 1. The first-order chi connectivity index (χ1) is 10.7. The van der Waals surface area contributed by atoms with Gasteiger partial charge in [0.25, 0.3) is 0 Å². The molecule has 23 heavy (non-hydrogen) atoms. The number of benzene rings is 1. The largest absolute Gasteiger partial charge is 0.375 e. The Morgan fingerprint density at radius 2 is 2.26 bits per heavy atom. The lowest BCUT2D eigenvalue weighted by molar-refractivity contribution is -0.140. The molecular formula is C17H24ClN3O2. The first-order valence-electron chi connectivity index (χ1n) is 7.90. The molecule has 1 amide bonds. The second-order valence-corrected chi connectivity index (χ2v) is 5.86. The molecule has 0 radical (unpaired) electrons. The molecule has 0 aliphatic carbocycles. The smallest absolute Gasteiger partial charge is 0.239 e. The molecule has 1 aliphatic rings. The van der Waals surface area contributed by atoms with Crippen LogP contribution in [0.25, 0.3) is 10.9 Å². The maximum atomic E-state index is 12.6. The zero-order valence-corrected chi connectivity index (χ0v) is 14.1. The molecule has 0 saturated carbocycles.